The third kappa shape index (κ3) is 2.58. The number of hydrogen-bond acceptors (Lipinski definition) is 4. The van der Waals surface area contributed by atoms with Gasteiger partial charge in [0.1, 0.15) is 16.8 Å². The fourth-order valence-corrected chi connectivity index (χ4v) is 2.18. The zero-order valence-corrected chi connectivity index (χ0v) is 11.8. The smallest absolute Gasteiger partial charge is 0.137 e. The van der Waals surface area contributed by atoms with Gasteiger partial charge < -0.3 is 4.74 Å². The summed E-state index contributed by atoms with van der Waals surface area (Å²) in [6.45, 7) is 0.637. The highest BCUT2D eigenvalue weighted by Crippen LogP contribution is 2.17. The molecule has 0 aliphatic carbocycles. The van der Waals surface area contributed by atoms with Crippen LogP contribution in [-0.2, 0) is 6.54 Å². The lowest BCUT2D eigenvalue weighted by atomic mass is 10.3. The minimum Gasteiger partial charge on any atom is -0.495 e. The average Bonchev–Trinajstić information content (AvgIpc) is 2.80. The van der Waals surface area contributed by atoms with Gasteiger partial charge in [-0.2, -0.15) is 5.10 Å². The number of hydrogen-bond donors (Lipinski definition) is 0. The molecule has 3 heterocycles. The summed E-state index contributed by atoms with van der Waals surface area (Å²) in [5.74, 6) is 0.745. The van der Waals surface area contributed by atoms with Crippen molar-refractivity contribution < 1.29 is 4.74 Å². The topological polar surface area (TPSA) is 52.8 Å². The lowest BCUT2D eigenvalue weighted by Crippen LogP contribution is -2.00. The van der Waals surface area contributed by atoms with E-state index in [-0.39, 0.29) is 0 Å². The Hall–Kier alpha value is -1.95. The zero-order valence-electron chi connectivity index (χ0n) is 10.2. The highest BCUT2D eigenvalue weighted by Gasteiger charge is 2.04. The van der Waals surface area contributed by atoms with Gasteiger partial charge in [-0.05, 0) is 33.6 Å². The number of pyridine rings is 2. The first-order chi connectivity index (χ1) is 9.24. The number of nitrogens with zero attached hydrogens (tertiary/aromatic N) is 4. The van der Waals surface area contributed by atoms with Crippen molar-refractivity contribution in [3.05, 3.63) is 47.0 Å². The van der Waals surface area contributed by atoms with Gasteiger partial charge in [0, 0.05) is 16.9 Å². The van der Waals surface area contributed by atoms with Crippen LogP contribution in [0.15, 0.2) is 41.4 Å². The molecule has 0 unspecified atom stereocenters. The Morgan fingerprint density at radius 3 is 2.95 bits per heavy atom. The molecule has 3 aromatic rings. The van der Waals surface area contributed by atoms with E-state index in [2.05, 4.69) is 31.0 Å². The first kappa shape index (κ1) is 12.1. The van der Waals surface area contributed by atoms with Crippen LogP contribution in [-0.4, -0.2) is 26.9 Å². The predicted molar refractivity (Wildman–Crippen MR) is 75.1 cm³/mol. The minimum absolute atomic E-state index is 0.637. The van der Waals surface area contributed by atoms with Gasteiger partial charge in [0.25, 0.3) is 0 Å². The molecule has 0 fully saturated rings. The maximum absolute atomic E-state index is 5.16. The van der Waals surface area contributed by atoms with Crippen molar-refractivity contribution >= 4 is 27.0 Å². The third-order valence-corrected chi connectivity index (χ3v) is 3.16. The van der Waals surface area contributed by atoms with Crippen molar-refractivity contribution in [2.75, 3.05) is 7.11 Å². The van der Waals surface area contributed by atoms with E-state index in [1.165, 1.54) is 0 Å². The van der Waals surface area contributed by atoms with Crippen molar-refractivity contribution in [2.45, 2.75) is 6.54 Å². The maximum atomic E-state index is 5.16. The molecular formula is C13H11BrN4O. The van der Waals surface area contributed by atoms with Crippen LogP contribution in [0.2, 0.25) is 0 Å². The Kier molecular flexibility index (Phi) is 3.16. The summed E-state index contributed by atoms with van der Waals surface area (Å²) >= 11 is 3.39. The molecule has 0 amide bonds. The van der Waals surface area contributed by atoms with Crippen molar-refractivity contribution in [2.24, 2.45) is 0 Å². The molecule has 0 saturated carbocycles. The molecule has 0 aliphatic rings. The third-order valence-electron chi connectivity index (χ3n) is 2.72. The van der Waals surface area contributed by atoms with Crippen LogP contribution in [0.25, 0.3) is 11.0 Å². The van der Waals surface area contributed by atoms with Crippen LogP contribution < -0.4 is 4.74 Å². The van der Waals surface area contributed by atoms with Crippen molar-refractivity contribution in [1.82, 2.24) is 19.7 Å². The van der Waals surface area contributed by atoms with E-state index < -0.39 is 0 Å². The summed E-state index contributed by atoms with van der Waals surface area (Å²) in [4.78, 5) is 8.44. The molecule has 96 valence electrons. The summed E-state index contributed by atoms with van der Waals surface area (Å²) < 4.78 is 7.93. The number of aromatic nitrogens is 4. The summed E-state index contributed by atoms with van der Waals surface area (Å²) in [5, 5.41) is 4.48. The van der Waals surface area contributed by atoms with Gasteiger partial charge in [-0.25, -0.2) is 0 Å². The Balaban J connectivity index is 1.92. The van der Waals surface area contributed by atoms with Gasteiger partial charge in [-0.15, -0.1) is 0 Å². The number of fused-ring (bicyclic) bond motifs is 1. The van der Waals surface area contributed by atoms with E-state index in [0.717, 1.165) is 26.8 Å². The number of halogens is 1. The van der Waals surface area contributed by atoms with Crippen LogP contribution in [0.3, 0.4) is 0 Å². The Bertz CT molecular complexity index is 725. The normalized spacial score (nSPS) is 10.8. The molecule has 5 nitrogen and oxygen atoms in total. The first-order valence-electron chi connectivity index (χ1n) is 5.71. The molecule has 0 aromatic carbocycles. The van der Waals surface area contributed by atoms with Gasteiger partial charge in [-0.1, -0.05) is 0 Å². The summed E-state index contributed by atoms with van der Waals surface area (Å²) in [6.07, 6.45) is 7.17. The summed E-state index contributed by atoms with van der Waals surface area (Å²) in [5.41, 5.74) is 2.77. The SMILES string of the molecule is COc1cncc(Cn2cc3ncc(Br)cc3n2)c1. The molecule has 0 aliphatic heterocycles. The molecular weight excluding hydrogens is 308 g/mol. The highest BCUT2D eigenvalue weighted by molar-refractivity contribution is 9.10. The van der Waals surface area contributed by atoms with Crippen LogP contribution in [0, 0.1) is 0 Å². The molecule has 3 aromatic heterocycles. The largest absolute Gasteiger partial charge is 0.495 e. The molecule has 0 radical (unpaired) electrons. The summed E-state index contributed by atoms with van der Waals surface area (Å²) in [7, 11) is 1.63. The predicted octanol–water partition coefficient (Wildman–Crippen LogP) is 2.65. The van der Waals surface area contributed by atoms with Crippen molar-refractivity contribution in [3.63, 3.8) is 0 Å². The number of methoxy groups -OCH3 is 1. The Morgan fingerprint density at radius 2 is 2.11 bits per heavy atom. The first-order valence-corrected chi connectivity index (χ1v) is 6.50. The molecule has 6 heteroatoms. The molecule has 0 N–H and O–H groups in total. The highest BCUT2D eigenvalue weighted by atomic mass is 79.9. The lowest BCUT2D eigenvalue weighted by molar-refractivity contribution is 0.412. The fourth-order valence-electron chi connectivity index (χ4n) is 1.86. The Labute approximate surface area is 118 Å². The van der Waals surface area contributed by atoms with Crippen LogP contribution >= 0.6 is 15.9 Å². The van der Waals surface area contributed by atoms with Gasteiger partial charge in [-0.3, -0.25) is 14.6 Å². The second-order valence-electron chi connectivity index (χ2n) is 4.12. The van der Waals surface area contributed by atoms with Crippen LogP contribution in [0.5, 0.6) is 5.75 Å². The van der Waals surface area contributed by atoms with Crippen molar-refractivity contribution in [1.29, 1.82) is 0 Å². The maximum Gasteiger partial charge on any atom is 0.137 e. The second kappa shape index (κ2) is 4.97. The molecule has 0 spiro atoms. The summed E-state index contributed by atoms with van der Waals surface area (Å²) in [6, 6.07) is 3.89. The van der Waals surface area contributed by atoms with E-state index in [4.69, 9.17) is 4.74 Å². The standard InChI is InChI=1S/C13H11BrN4O/c1-19-11-2-9(4-15-6-11)7-18-8-13-12(17-18)3-10(14)5-16-13/h2-6,8H,7H2,1H3. The lowest BCUT2D eigenvalue weighted by Gasteiger charge is -2.03. The van der Waals surface area contributed by atoms with Gasteiger partial charge >= 0.3 is 0 Å². The van der Waals surface area contributed by atoms with Gasteiger partial charge in [0.2, 0.25) is 0 Å². The average molecular weight is 319 g/mol. The zero-order chi connectivity index (χ0) is 13.2. The quantitative estimate of drug-likeness (QED) is 0.745. The van der Waals surface area contributed by atoms with E-state index in [1.54, 1.807) is 25.7 Å². The molecule has 0 bridgehead atoms. The van der Waals surface area contributed by atoms with Crippen molar-refractivity contribution in [3.8, 4) is 5.75 Å². The second-order valence-corrected chi connectivity index (χ2v) is 5.03. The monoisotopic (exact) mass is 318 g/mol. The van der Waals surface area contributed by atoms with E-state index >= 15 is 0 Å². The van der Waals surface area contributed by atoms with Crippen LogP contribution in [0.4, 0.5) is 0 Å². The molecule has 3 rings (SSSR count). The fraction of sp³-hybridized carbons (Fsp3) is 0.154. The molecule has 0 atom stereocenters. The van der Waals surface area contributed by atoms with E-state index in [1.807, 2.05) is 23.0 Å². The van der Waals surface area contributed by atoms with Crippen LogP contribution in [0.1, 0.15) is 5.56 Å². The minimum atomic E-state index is 0.637. The number of ether oxygens (including phenoxy) is 1. The number of rotatable bonds is 3. The molecule has 19 heavy (non-hydrogen) atoms. The van der Waals surface area contributed by atoms with E-state index in [0.29, 0.717) is 6.54 Å². The van der Waals surface area contributed by atoms with Gasteiger partial charge in [0.15, 0.2) is 0 Å². The Morgan fingerprint density at radius 1 is 1.21 bits per heavy atom. The van der Waals surface area contributed by atoms with Gasteiger partial charge in [0.05, 0.1) is 26.0 Å². The van der Waals surface area contributed by atoms with E-state index in [9.17, 15) is 0 Å². The molecule has 0 saturated heterocycles.